The molecule has 2 fully saturated rings. The van der Waals surface area contributed by atoms with E-state index in [1.807, 2.05) is 4.90 Å². The lowest BCUT2D eigenvalue weighted by molar-refractivity contribution is -0.157. The van der Waals surface area contributed by atoms with Gasteiger partial charge in [-0.15, -0.1) is 0 Å². The molecular weight excluding hydrogens is 437 g/mol. The fourth-order valence-corrected chi connectivity index (χ4v) is 4.44. The lowest BCUT2D eigenvalue weighted by atomic mass is 10.0. The SMILES string of the molecule is CC(=O)Nc1cc(Cl)ccc1OCC(=O)N1C2COCC1CN(Cc1ccc(F)cc1)C2. The van der Waals surface area contributed by atoms with Crippen LogP contribution in [0.3, 0.4) is 0 Å². The molecule has 2 aliphatic heterocycles. The lowest BCUT2D eigenvalue weighted by Crippen LogP contribution is -2.66. The number of halogens is 2. The molecule has 0 saturated carbocycles. The second kappa shape index (κ2) is 9.85. The van der Waals surface area contributed by atoms with Gasteiger partial charge in [0.15, 0.2) is 6.61 Å². The van der Waals surface area contributed by atoms with Gasteiger partial charge in [-0.3, -0.25) is 14.5 Å². The van der Waals surface area contributed by atoms with Crippen molar-refractivity contribution in [2.45, 2.75) is 25.6 Å². The molecule has 9 heteroatoms. The number of carbonyl (C=O) groups is 2. The third kappa shape index (κ3) is 5.38. The third-order valence-corrected chi connectivity index (χ3v) is 5.79. The van der Waals surface area contributed by atoms with Gasteiger partial charge in [-0.2, -0.15) is 0 Å². The number of hydrogen-bond donors (Lipinski definition) is 1. The fraction of sp³-hybridized carbons (Fsp3) is 0.391. The van der Waals surface area contributed by atoms with E-state index in [9.17, 15) is 14.0 Å². The Labute approximate surface area is 191 Å². The van der Waals surface area contributed by atoms with Crippen LogP contribution in [-0.2, 0) is 20.9 Å². The van der Waals surface area contributed by atoms with Crippen molar-refractivity contribution < 1.29 is 23.5 Å². The van der Waals surface area contributed by atoms with Crippen molar-refractivity contribution >= 4 is 29.1 Å². The average molecular weight is 462 g/mol. The van der Waals surface area contributed by atoms with Gasteiger partial charge in [0.1, 0.15) is 11.6 Å². The van der Waals surface area contributed by atoms with E-state index >= 15 is 0 Å². The molecule has 0 radical (unpaired) electrons. The Hall–Kier alpha value is -2.68. The molecule has 2 aliphatic rings. The summed E-state index contributed by atoms with van der Waals surface area (Å²) in [6.07, 6.45) is 0. The minimum absolute atomic E-state index is 0.0842. The van der Waals surface area contributed by atoms with Crippen molar-refractivity contribution in [1.82, 2.24) is 9.80 Å². The predicted octanol–water partition coefficient (Wildman–Crippen LogP) is 2.93. The molecule has 32 heavy (non-hydrogen) atoms. The van der Waals surface area contributed by atoms with Gasteiger partial charge >= 0.3 is 0 Å². The quantitative estimate of drug-likeness (QED) is 0.716. The number of anilines is 1. The van der Waals surface area contributed by atoms with Crippen LogP contribution in [0, 0.1) is 5.82 Å². The molecular formula is C23H25ClFN3O4. The number of nitrogens with one attached hydrogen (secondary N) is 1. The molecule has 0 aliphatic carbocycles. The molecule has 0 aromatic heterocycles. The van der Waals surface area contributed by atoms with Crippen LogP contribution in [0.15, 0.2) is 42.5 Å². The Morgan fingerprint density at radius 2 is 1.84 bits per heavy atom. The van der Waals surface area contributed by atoms with Gasteiger partial charge in [0, 0.05) is 31.6 Å². The second-order valence-corrected chi connectivity index (χ2v) is 8.51. The van der Waals surface area contributed by atoms with Crippen LogP contribution in [0.4, 0.5) is 10.1 Å². The van der Waals surface area contributed by atoms with Gasteiger partial charge in [-0.25, -0.2) is 4.39 Å². The molecule has 2 saturated heterocycles. The van der Waals surface area contributed by atoms with E-state index in [4.69, 9.17) is 21.1 Å². The molecule has 2 amide bonds. The predicted molar refractivity (Wildman–Crippen MR) is 118 cm³/mol. The maximum absolute atomic E-state index is 13.2. The van der Waals surface area contributed by atoms with Gasteiger partial charge in [-0.1, -0.05) is 23.7 Å². The lowest BCUT2D eigenvalue weighted by Gasteiger charge is -2.49. The van der Waals surface area contributed by atoms with Crippen LogP contribution in [0.5, 0.6) is 5.75 Å². The summed E-state index contributed by atoms with van der Waals surface area (Å²) in [5.41, 5.74) is 1.45. The summed E-state index contributed by atoms with van der Waals surface area (Å²) < 4.78 is 24.6. The monoisotopic (exact) mass is 461 g/mol. The molecule has 7 nitrogen and oxygen atoms in total. The van der Waals surface area contributed by atoms with E-state index in [1.54, 1.807) is 30.3 Å². The van der Waals surface area contributed by atoms with E-state index in [0.29, 0.717) is 49.3 Å². The van der Waals surface area contributed by atoms with Gasteiger partial charge in [0.25, 0.3) is 5.91 Å². The zero-order chi connectivity index (χ0) is 22.7. The van der Waals surface area contributed by atoms with Crippen molar-refractivity contribution in [3.63, 3.8) is 0 Å². The Morgan fingerprint density at radius 1 is 1.16 bits per heavy atom. The number of rotatable bonds is 6. The molecule has 0 spiro atoms. The number of nitrogens with zero attached hydrogens (tertiary/aromatic N) is 2. The number of fused-ring (bicyclic) bond motifs is 2. The number of amides is 2. The zero-order valence-electron chi connectivity index (χ0n) is 17.7. The Bertz CT molecular complexity index is 974. The van der Waals surface area contributed by atoms with E-state index in [0.717, 1.165) is 5.56 Å². The summed E-state index contributed by atoms with van der Waals surface area (Å²) >= 11 is 6.01. The molecule has 4 rings (SSSR count). The molecule has 2 atom stereocenters. The number of ether oxygens (including phenoxy) is 2. The highest BCUT2D eigenvalue weighted by Crippen LogP contribution is 2.29. The van der Waals surface area contributed by atoms with Crippen LogP contribution in [0.1, 0.15) is 12.5 Å². The largest absolute Gasteiger partial charge is 0.482 e. The first-order chi connectivity index (χ1) is 15.4. The van der Waals surface area contributed by atoms with Gasteiger partial charge in [0.2, 0.25) is 5.91 Å². The number of hydrogen-bond acceptors (Lipinski definition) is 5. The Kier molecular flexibility index (Phi) is 6.93. The fourth-order valence-electron chi connectivity index (χ4n) is 4.26. The Morgan fingerprint density at radius 3 is 2.50 bits per heavy atom. The summed E-state index contributed by atoms with van der Waals surface area (Å²) in [5, 5.41) is 3.12. The highest BCUT2D eigenvalue weighted by molar-refractivity contribution is 6.31. The highest BCUT2D eigenvalue weighted by atomic mass is 35.5. The van der Waals surface area contributed by atoms with E-state index in [2.05, 4.69) is 10.2 Å². The summed E-state index contributed by atoms with van der Waals surface area (Å²) in [7, 11) is 0. The maximum Gasteiger partial charge on any atom is 0.261 e. The number of carbonyl (C=O) groups excluding carboxylic acids is 2. The minimum Gasteiger partial charge on any atom is -0.482 e. The Balaban J connectivity index is 1.39. The van der Waals surface area contributed by atoms with E-state index < -0.39 is 0 Å². The van der Waals surface area contributed by atoms with Gasteiger partial charge in [-0.05, 0) is 35.9 Å². The van der Waals surface area contributed by atoms with Crippen molar-refractivity contribution in [3.05, 3.63) is 58.9 Å². The standard InChI is InChI=1S/C23H25ClFN3O4/c1-15(29)26-21-8-17(24)4-7-22(21)32-14-23(30)28-19-10-27(11-20(28)13-31-12-19)9-16-2-5-18(25)6-3-16/h2-8,19-20H,9-14H2,1H3,(H,26,29). The average Bonchev–Trinajstić information content (AvgIpc) is 2.73. The first-order valence-electron chi connectivity index (χ1n) is 10.4. The number of morpholine rings is 1. The molecule has 2 bridgehead atoms. The summed E-state index contributed by atoms with van der Waals surface area (Å²) in [6, 6.07) is 11.2. The summed E-state index contributed by atoms with van der Waals surface area (Å²) in [6.45, 7) is 4.17. The van der Waals surface area contributed by atoms with Crippen molar-refractivity contribution in [3.8, 4) is 5.75 Å². The highest BCUT2D eigenvalue weighted by Gasteiger charge is 2.40. The number of benzene rings is 2. The zero-order valence-corrected chi connectivity index (χ0v) is 18.5. The van der Waals surface area contributed by atoms with Crippen molar-refractivity contribution in [2.75, 3.05) is 38.2 Å². The van der Waals surface area contributed by atoms with Gasteiger partial charge in [0.05, 0.1) is 31.0 Å². The normalized spacial score (nSPS) is 20.7. The summed E-state index contributed by atoms with van der Waals surface area (Å²) in [5.74, 6) is -0.257. The maximum atomic E-state index is 13.2. The van der Waals surface area contributed by atoms with E-state index in [1.165, 1.54) is 19.1 Å². The van der Waals surface area contributed by atoms with Crippen LogP contribution in [0.2, 0.25) is 5.02 Å². The van der Waals surface area contributed by atoms with Crippen LogP contribution >= 0.6 is 11.6 Å². The second-order valence-electron chi connectivity index (χ2n) is 8.08. The van der Waals surface area contributed by atoms with Crippen LogP contribution in [0.25, 0.3) is 0 Å². The summed E-state index contributed by atoms with van der Waals surface area (Å²) in [4.78, 5) is 28.6. The first kappa shape index (κ1) is 22.5. The molecule has 170 valence electrons. The third-order valence-electron chi connectivity index (χ3n) is 5.56. The van der Waals surface area contributed by atoms with Gasteiger partial charge < -0.3 is 19.7 Å². The van der Waals surface area contributed by atoms with Crippen molar-refractivity contribution in [1.29, 1.82) is 0 Å². The van der Waals surface area contributed by atoms with Crippen LogP contribution in [-0.4, -0.2) is 66.6 Å². The smallest absolute Gasteiger partial charge is 0.261 e. The molecule has 2 aromatic carbocycles. The molecule has 1 N–H and O–H groups in total. The number of piperazine rings is 1. The first-order valence-corrected chi connectivity index (χ1v) is 10.8. The molecule has 2 unspecified atom stereocenters. The molecule has 2 heterocycles. The minimum atomic E-state index is -0.257. The molecule has 2 aromatic rings. The topological polar surface area (TPSA) is 71.1 Å². The van der Waals surface area contributed by atoms with Crippen molar-refractivity contribution in [2.24, 2.45) is 0 Å². The van der Waals surface area contributed by atoms with E-state index in [-0.39, 0.29) is 36.3 Å². The van der Waals surface area contributed by atoms with Crippen LogP contribution < -0.4 is 10.1 Å².